The highest BCUT2D eigenvalue weighted by Crippen LogP contribution is 2.10. The highest BCUT2D eigenvalue weighted by Gasteiger charge is 2.24. The number of amides is 2. The normalized spacial score (nSPS) is 12.2. The SMILES string of the molecule is CC(C)(C)OC(=O)N[C@@H](Cc1ccc(C(=O)NS)cc1)C(=O)O. The van der Waals surface area contributed by atoms with E-state index in [4.69, 9.17) is 4.74 Å². The van der Waals surface area contributed by atoms with Crippen molar-refractivity contribution < 1.29 is 24.2 Å². The molecule has 0 radical (unpaired) electrons. The van der Waals surface area contributed by atoms with E-state index in [1.54, 1.807) is 45.0 Å². The second-order valence-electron chi connectivity index (χ2n) is 5.88. The molecule has 3 N–H and O–H groups in total. The van der Waals surface area contributed by atoms with Gasteiger partial charge in [0.1, 0.15) is 11.6 Å². The van der Waals surface area contributed by atoms with Gasteiger partial charge < -0.3 is 15.2 Å². The third-order valence-electron chi connectivity index (χ3n) is 2.75. The summed E-state index contributed by atoms with van der Waals surface area (Å²) >= 11 is 3.67. The largest absolute Gasteiger partial charge is 0.480 e. The van der Waals surface area contributed by atoms with Crippen LogP contribution in [0.25, 0.3) is 0 Å². The minimum atomic E-state index is -1.17. The monoisotopic (exact) mass is 340 g/mol. The molecule has 0 saturated heterocycles. The van der Waals surface area contributed by atoms with Crippen LogP contribution < -0.4 is 10.0 Å². The predicted octanol–water partition coefficient (Wildman–Crippen LogP) is 1.78. The average Bonchev–Trinajstić information content (AvgIpc) is 2.44. The summed E-state index contributed by atoms with van der Waals surface area (Å²) < 4.78 is 7.24. The first-order valence-corrected chi connectivity index (χ1v) is 7.33. The van der Waals surface area contributed by atoms with E-state index in [0.29, 0.717) is 11.1 Å². The number of carbonyl (C=O) groups excluding carboxylic acids is 2. The smallest absolute Gasteiger partial charge is 0.408 e. The lowest BCUT2D eigenvalue weighted by Crippen LogP contribution is -2.44. The molecule has 0 aliphatic heterocycles. The molecule has 0 heterocycles. The van der Waals surface area contributed by atoms with E-state index in [0.717, 1.165) is 0 Å². The first-order valence-electron chi connectivity index (χ1n) is 6.88. The lowest BCUT2D eigenvalue weighted by Gasteiger charge is -2.22. The number of alkyl carbamates (subject to hydrolysis) is 1. The molecule has 2 amide bonds. The Hall–Kier alpha value is -2.22. The van der Waals surface area contributed by atoms with Gasteiger partial charge in [0.15, 0.2) is 0 Å². The summed E-state index contributed by atoms with van der Waals surface area (Å²) in [6.07, 6.45) is -0.729. The van der Waals surface area contributed by atoms with Gasteiger partial charge in [-0.1, -0.05) is 24.9 Å². The summed E-state index contributed by atoms with van der Waals surface area (Å²) in [6, 6.07) is 5.20. The van der Waals surface area contributed by atoms with E-state index < -0.39 is 23.7 Å². The highest BCUT2D eigenvalue weighted by atomic mass is 32.1. The Balaban J connectivity index is 2.75. The van der Waals surface area contributed by atoms with Gasteiger partial charge in [-0.15, -0.1) is 0 Å². The maximum Gasteiger partial charge on any atom is 0.408 e. The maximum absolute atomic E-state index is 11.7. The standard InChI is InChI=1S/C15H20N2O5S/c1-15(2,3)22-14(21)16-11(13(19)20)8-9-4-6-10(7-5-9)12(18)17-23/h4-7,11,23H,8H2,1-3H3,(H,16,21)(H,17,18)(H,19,20)/t11-/m0/s1. The number of ether oxygens (including phenoxy) is 1. The number of benzene rings is 1. The third kappa shape index (κ3) is 6.60. The molecular formula is C15H20N2O5S. The van der Waals surface area contributed by atoms with Crippen molar-refractivity contribution in [1.29, 1.82) is 0 Å². The zero-order valence-corrected chi connectivity index (χ0v) is 14.0. The van der Waals surface area contributed by atoms with Crippen molar-refractivity contribution >= 4 is 30.8 Å². The molecular weight excluding hydrogens is 320 g/mol. The number of aliphatic carboxylic acids is 1. The molecule has 0 unspecified atom stereocenters. The number of thiol groups is 1. The zero-order valence-electron chi connectivity index (χ0n) is 13.1. The quantitative estimate of drug-likeness (QED) is 0.612. The number of carboxylic acid groups (broad SMARTS) is 1. The molecule has 1 atom stereocenters. The fraction of sp³-hybridized carbons (Fsp3) is 0.400. The second-order valence-corrected chi connectivity index (χ2v) is 6.10. The van der Waals surface area contributed by atoms with Gasteiger partial charge in [-0.25, -0.2) is 9.59 Å². The van der Waals surface area contributed by atoms with Crippen LogP contribution in [0.4, 0.5) is 4.79 Å². The average molecular weight is 340 g/mol. The molecule has 0 fully saturated rings. The lowest BCUT2D eigenvalue weighted by molar-refractivity contribution is -0.139. The van der Waals surface area contributed by atoms with Gasteiger partial charge >= 0.3 is 12.1 Å². The predicted molar refractivity (Wildman–Crippen MR) is 87.4 cm³/mol. The van der Waals surface area contributed by atoms with E-state index in [-0.39, 0.29) is 12.3 Å². The van der Waals surface area contributed by atoms with E-state index in [9.17, 15) is 19.5 Å². The molecule has 1 aromatic rings. The van der Waals surface area contributed by atoms with Gasteiger partial charge in [0.25, 0.3) is 5.91 Å². The van der Waals surface area contributed by atoms with Crippen molar-refractivity contribution in [3.8, 4) is 0 Å². The van der Waals surface area contributed by atoms with E-state index in [2.05, 4.69) is 22.9 Å². The Kier molecular flexibility index (Phi) is 6.44. The fourth-order valence-corrected chi connectivity index (χ4v) is 1.87. The van der Waals surface area contributed by atoms with Gasteiger partial charge in [0, 0.05) is 12.0 Å². The molecule has 23 heavy (non-hydrogen) atoms. The fourth-order valence-electron chi connectivity index (χ4n) is 1.74. The van der Waals surface area contributed by atoms with Crippen molar-refractivity contribution in [1.82, 2.24) is 10.0 Å². The number of hydrogen-bond acceptors (Lipinski definition) is 5. The van der Waals surface area contributed by atoms with Crippen LogP contribution in [0.15, 0.2) is 24.3 Å². The summed E-state index contributed by atoms with van der Waals surface area (Å²) in [5.74, 6) is -1.53. The summed E-state index contributed by atoms with van der Waals surface area (Å²) in [6.45, 7) is 5.06. The Morgan fingerprint density at radius 2 is 1.78 bits per heavy atom. The lowest BCUT2D eigenvalue weighted by atomic mass is 10.0. The topological polar surface area (TPSA) is 105 Å². The zero-order chi connectivity index (χ0) is 17.6. The van der Waals surface area contributed by atoms with E-state index in [1.807, 2.05) is 0 Å². The molecule has 0 aliphatic carbocycles. The van der Waals surface area contributed by atoms with Gasteiger partial charge in [-0.2, -0.15) is 0 Å². The molecule has 1 aromatic carbocycles. The summed E-state index contributed by atoms with van der Waals surface area (Å²) in [4.78, 5) is 34.3. The van der Waals surface area contributed by atoms with Crippen molar-refractivity contribution in [3.05, 3.63) is 35.4 Å². The first-order chi connectivity index (χ1) is 10.6. The van der Waals surface area contributed by atoms with Crippen LogP contribution in [0.2, 0.25) is 0 Å². The van der Waals surface area contributed by atoms with Crippen LogP contribution in [0.3, 0.4) is 0 Å². The summed E-state index contributed by atoms with van der Waals surface area (Å²) in [5, 5.41) is 11.5. The summed E-state index contributed by atoms with van der Waals surface area (Å²) in [7, 11) is 0. The van der Waals surface area contributed by atoms with E-state index >= 15 is 0 Å². The molecule has 8 heteroatoms. The Labute approximate surface area is 139 Å². The Morgan fingerprint density at radius 3 is 2.22 bits per heavy atom. The van der Waals surface area contributed by atoms with Crippen LogP contribution in [-0.2, 0) is 16.0 Å². The van der Waals surface area contributed by atoms with Crippen LogP contribution in [-0.4, -0.2) is 34.7 Å². The Bertz CT molecular complexity index is 581. The van der Waals surface area contributed by atoms with Crippen LogP contribution in [0.5, 0.6) is 0 Å². The minimum Gasteiger partial charge on any atom is -0.480 e. The summed E-state index contributed by atoms with van der Waals surface area (Å²) in [5.41, 5.74) is 0.342. The van der Waals surface area contributed by atoms with E-state index in [1.165, 1.54) is 0 Å². The van der Waals surface area contributed by atoms with Crippen LogP contribution in [0, 0.1) is 0 Å². The van der Waals surface area contributed by atoms with Crippen molar-refractivity contribution in [2.75, 3.05) is 0 Å². The van der Waals surface area contributed by atoms with Crippen LogP contribution >= 0.6 is 12.8 Å². The number of carboxylic acids is 1. The number of hydrogen-bond donors (Lipinski definition) is 4. The van der Waals surface area contributed by atoms with Gasteiger partial charge in [0.2, 0.25) is 0 Å². The molecule has 0 aromatic heterocycles. The third-order valence-corrected chi connectivity index (χ3v) is 2.95. The number of nitrogens with one attached hydrogen (secondary N) is 2. The Morgan fingerprint density at radius 1 is 1.22 bits per heavy atom. The molecule has 0 spiro atoms. The van der Waals surface area contributed by atoms with Gasteiger partial charge in [-0.05, 0) is 38.5 Å². The molecule has 0 saturated carbocycles. The van der Waals surface area contributed by atoms with Crippen molar-refractivity contribution in [2.45, 2.75) is 38.8 Å². The number of carbonyl (C=O) groups is 3. The molecule has 126 valence electrons. The first kappa shape index (κ1) is 18.8. The minimum absolute atomic E-state index is 0.0668. The van der Waals surface area contributed by atoms with Gasteiger partial charge in [0.05, 0.1) is 0 Å². The molecule has 0 aliphatic rings. The van der Waals surface area contributed by atoms with Gasteiger partial charge in [-0.3, -0.25) is 9.52 Å². The second kappa shape index (κ2) is 7.87. The molecule has 1 rings (SSSR count). The van der Waals surface area contributed by atoms with Crippen LogP contribution in [0.1, 0.15) is 36.7 Å². The maximum atomic E-state index is 11.7. The molecule has 0 bridgehead atoms. The highest BCUT2D eigenvalue weighted by molar-refractivity contribution is 7.78. The van der Waals surface area contributed by atoms with Crippen molar-refractivity contribution in [3.63, 3.8) is 0 Å². The number of rotatable bonds is 5. The van der Waals surface area contributed by atoms with Crippen molar-refractivity contribution in [2.24, 2.45) is 0 Å². The molecule has 7 nitrogen and oxygen atoms in total.